The first-order valence-corrected chi connectivity index (χ1v) is 10.3. The quantitative estimate of drug-likeness (QED) is 0.613. The Balaban J connectivity index is 1.32. The smallest absolute Gasteiger partial charge is 0.234 e. The minimum atomic E-state index is -0.587. The molecule has 0 unspecified atom stereocenters. The number of nitrogens with zero attached hydrogens (tertiary/aromatic N) is 2. The van der Waals surface area contributed by atoms with E-state index in [-0.39, 0.29) is 12.5 Å². The minimum absolute atomic E-state index is 0.0394. The third-order valence-electron chi connectivity index (χ3n) is 5.13. The maximum absolute atomic E-state index is 12.2. The van der Waals surface area contributed by atoms with Gasteiger partial charge in [0.15, 0.2) is 11.5 Å². The van der Waals surface area contributed by atoms with Crippen molar-refractivity contribution in [3.8, 4) is 11.5 Å². The Morgan fingerprint density at radius 2 is 1.63 bits per heavy atom. The molecule has 1 saturated heterocycles. The fraction of sp³-hybridized carbons (Fsp3) is 0.435. The normalized spacial score (nSPS) is 16.1. The van der Waals surface area contributed by atoms with Gasteiger partial charge in [0.2, 0.25) is 5.91 Å². The van der Waals surface area contributed by atoms with Crippen LogP contribution in [0.4, 0.5) is 0 Å². The van der Waals surface area contributed by atoms with Crippen molar-refractivity contribution < 1.29 is 19.4 Å². The Morgan fingerprint density at radius 1 is 1.00 bits per heavy atom. The van der Waals surface area contributed by atoms with Gasteiger partial charge < -0.3 is 19.9 Å². The van der Waals surface area contributed by atoms with Crippen molar-refractivity contribution in [2.24, 2.45) is 0 Å². The molecule has 2 aromatic carbocycles. The van der Waals surface area contributed by atoms with E-state index >= 15 is 0 Å². The number of amides is 1. The number of carbonyl (C=O) groups is 1. The third-order valence-corrected chi connectivity index (χ3v) is 5.13. The topological polar surface area (TPSA) is 74.3 Å². The lowest BCUT2D eigenvalue weighted by Crippen LogP contribution is -2.51. The van der Waals surface area contributed by atoms with Gasteiger partial charge in [0.05, 0.1) is 13.7 Å². The number of aliphatic hydroxyl groups is 1. The Morgan fingerprint density at radius 3 is 2.33 bits per heavy atom. The average Bonchev–Trinajstić information content (AvgIpc) is 2.78. The second-order valence-corrected chi connectivity index (χ2v) is 7.45. The van der Waals surface area contributed by atoms with Crippen molar-refractivity contribution in [2.45, 2.75) is 12.6 Å². The van der Waals surface area contributed by atoms with Crippen LogP contribution in [0, 0.1) is 0 Å². The van der Waals surface area contributed by atoms with E-state index in [1.165, 1.54) is 0 Å². The van der Waals surface area contributed by atoms with E-state index in [0.717, 1.165) is 31.7 Å². The Hall–Kier alpha value is -2.61. The molecule has 0 aliphatic carbocycles. The summed E-state index contributed by atoms with van der Waals surface area (Å²) in [6, 6.07) is 17.3. The maximum atomic E-state index is 12.2. The lowest BCUT2D eigenvalue weighted by atomic mass is 10.2. The first-order valence-electron chi connectivity index (χ1n) is 10.3. The molecule has 0 aromatic heterocycles. The van der Waals surface area contributed by atoms with Crippen LogP contribution in [0.2, 0.25) is 0 Å². The largest absolute Gasteiger partial charge is 0.493 e. The van der Waals surface area contributed by atoms with Crippen LogP contribution in [0.1, 0.15) is 5.56 Å². The van der Waals surface area contributed by atoms with Crippen LogP contribution in [-0.2, 0) is 11.3 Å². The molecule has 7 heteroatoms. The molecule has 0 bridgehead atoms. The number of aliphatic hydroxyl groups excluding tert-OH is 1. The highest BCUT2D eigenvalue weighted by Gasteiger charge is 2.21. The molecule has 1 atom stereocenters. The van der Waals surface area contributed by atoms with E-state index in [4.69, 9.17) is 9.47 Å². The molecule has 30 heavy (non-hydrogen) atoms. The summed E-state index contributed by atoms with van der Waals surface area (Å²) in [4.78, 5) is 16.5. The van der Waals surface area contributed by atoms with E-state index in [1.54, 1.807) is 7.11 Å². The lowest BCUT2D eigenvalue weighted by Gasteiger charge is -2.35. The number of methoxy groups -OCH3 is 1. The van der Waals surface area contributed by atoms with Crippen molar-refractivity contribution in [1.29, 1.82) is 0 Å². The summed E-state index contributed by atoms with van der Waals surface area (Å²) in [5.74, 6) is 1.33. The van der Waals surface area contributed by atoms with Crippen LogP contribution in [0.3, 0.4) is 0 Å². The van der Waals surface area contributed by atoms with Gasteiger partial charge >= 0.3 is 0 Å². The van der Waals surface area contributed by atoms with E-state index in [1.807, 2.05) is 54.6 Å². The van der Waals surface area contributed by atoms with Crippen LogP contribution in [0.5, 0.6) is 11.5 Å². The van der Waals surface area contributed by atoms with Crippen molar-refractivity contribution in [1.82, 2.24) is 15.1 Å². The number of piperazine rings is 1. The second kappa shape index (κ2) is 11.5. The van der Waals surface area contributed by atoms with Crippen LogP contribution in [0.25, 0.3) is 0 Å². The summed E-state index contributed by atoms with van der Waals surface area (Å²) in [7, 11) is 1.60. The highest BCUT2D eigenvalue weighted by molar-refractivity contribution is 5.78. The summed E-state index contributed by atoms with van der Waals surface area (Å²) in [5.41, 5.74) is 1.10. The molecule has 1 aliphatic heterocycles. The van der Waals surface area contributed by atoms with Gasteiger partial charge in [-0.25, -0.2) is 0 Å². The maximum Gasteiger partial charge on any atom is 0.234 e. The standard InChI is InChI=1S/C23H31N3O4/c1-29-21-9-5-6-10-22(21)30-18-20(27)16-25-11-13-26(14-12-25)17-23(28)24-15-19-7-3-2-4-8-19/h2-10,20,27H,11-18H2,1H3,(H,24,28)/t20-/m1/s1. The zero-order chi connectivity index (χ0) is 21.2. The third kappa shape index (κ3) is 7.02. The summed E-state index contributed by atoms with van der Waals surface area (Å²) in [6.07, 6.45) is -0.587. The molecule has 2 N–H and O–H groups in total. The first-order chi connectivity index (χ1) is 14.6. The number of rotatable bonds is 10. The fourth-order valence-electron chi connectivity index (χ4n) is 3.46. The molecule has 162 valence electrons. The SMILES string of the molecule is COc1ccccc1OC[C@H](O)CN1CCN(CC(=O)NCc2ccccc2)CC1. The van der Waals surface area contributed by atoms with Crippen LogP contribution in [0.15, 0.2) is 54.6 Å². The van der Waals surface area contributed by atoms with Crippen LogP contribution in [-0.4, -0.2) is 79.9 Å². The molecular formula is C23H31N3O4. The van der Waals surface area contributed by atoms with Gasteiger partial charge in [0, 0.05) is 39.3 Å². The van der Waals surface area contributed by atoms with E-state index < -0.39 is 6.10 Å². The summed E-state index contributed by atoms with van der Waals surface area (Å²) in [5, 5.41) is 13.3. The van der Waals surface area contributed by atoms with E-state index in [2.05, 4.69) is 15.1 Å². The number of benzene rings is 2. The van der Waals surface area contributed by atoms with Gasteiger partial charge in [0.25, 0.3) is 0 Å². The average molecular weight is 414 g/mol. The molecule has 3 rings (SSSR count). The van der Waals surface area contributed by atoms with Gasteiger partial charge in [-0.2, -0.15) is 0 Å². The molecule has 1 heterocycles. The van der Waals surface area contributed by atoms with Gasteiger partial charge in [-0.15, -0.1) is 0 Å². The number of ether oxygens (including phenoxy) is 2. The zero-order valence-electron chi connectivity index (χ0n) is 17.5. The molecule has 0 radical (unpaired) electrons. The molecule has 2 aromatic rings. The Kier molecular flexibility index (Phi) is 8.50. The number of hydrogen-bond acceptors (Lipinski definition) is 6. The van der Waals surface area contributed by atoms with E-state index in [9.17, 15) is 9.90 Å². The Labute approximate surface area is 178 Å². The number of nitrogens with one attached hydrogen (secondary N) is 1. The first kappa shape index (κ1) is 22.1. The number of hydrogen-bond donors (Lipinski definition) is 2. The van der Waals surface area contributed by atoms with Crippen LogP contribution >= 0.6 is 0 Å². The van der Waals surface area contributed by atoms with Gasteiger partial charge in [0.1, 0.15) is 12.7 Å². The predicted octanol–water partition coefficient (Wildman–Crippen LogP) is 1.37. The fourth-order valence-corrected chi connectivity index (χ4v) is 3.46. The number of β-amino-alcohol motifs (C(OH)–C–C–N with tert-alkyl or cyclic N) is 1. The minimum Gasteiger partial charge on any atom is -0.493 e. The van der Waals surface area contributed by atoms with Crippen LogP contribution < -0.4 is 14.8 Å². The molecule has 0 saturated carbocycles. The van der Waals surface area contributed by atoms with Crippen molar-refractivity contribution in [3.63, 3.8) is 0 Å². The molecule has 1 aliphatic rings. The predicted molar refractivity (Wildman–Crippen MR) is 116 cm³/mol. The molecule has 1 fully saturated rings. The number of para-hydroxylation sites is 2. The molecular weight excluding hydrogens is 382 g/mol. The summed E-state index contributed by atoms with van der Waals surface area (Å²) < 4.78 is 11.0. The van der Waals surface area contributed by atoms with Crippen molar-refractivity contribution in [3.05, 3.63) is 60.2 Å². The summed E-state index contributed by atoms with van der Waals surface area (Å²) >= 11 is 0. The van der Waals surface area contributed by atoms with Crippen molar-refractivity contribution in [2.75, 3.05) is 53.0 Å². The second-order valence-electron chi connectivity index (χ2n) is 7.45. The highest BCUT2D eigenvalue weighted by Crippen LogP contribution is 2.25. The molecule has 0 spiro atoms. The monoisotopic (exact) mass is 413 g/mol. The lowest BCUT2D eigenvalue weighted by molar-refractivity contribution is -0.122. The van der Waals surface area contributed by atoms with Gasteiger partial charge in [-0.3, -0.25) is 14.6 Å². The van der Waals surface area contributed by atoms with Gasteiger partial charge in [-0.05, 0) is 17.7 Å². The molecule has 7 nitrogen and oxygen atoms in total. The van der Waals surface area contributed by atoms with E-state index in [0.29, 0.717) is 31.1 Å². The highest BCUT2D eigenvalue weighted by atomic mass is 16.5. The van der Waals surface area contributed by atoms with Gasteiger partial charge in [-0.1, -0.05) is 42.5 Å². The zero-order valence-corrected chi connectivity index (χ0v) is 17.5. The van der Waals surface area contributed by atoms with Crippen molar-refractivity contribution >= 4 is 5.91 Å². The summed E-state index contributed by atoms with van der Waals surface area (Å²) in [6.45, 7) is 4.96. The Bertz CT molecular complexity index is 779. The number of carbonyl (C=O) groups excluding carboxylic acids is 1. The molecule has 1 amide bonds.